The SMILES string of the molecule is O=[N+]([O-])c1ccccc1S(=O)(=O)N1CCN(C[C@@H]2CC=CCC2)CC1. The van der Waals surface area contributed by atoms with Gasteiger partial charge in [-0.3, -0.25) is 10.1 Å². The van der Waals surface area contributed by atoms with Crippen LogP contribution >= 0.6 is 0 Å². The molecule has 0 bridgehead atoms. The molecule has 1 atom stereocenters. The van der Waals surface area contributed by atoms with Crippen molar-refractivity contribution >= 4 is 15.7 Å². The molecule has 0 unspecified atom stereocenters. The Morgan fingerprint density at radius 2 is 1.84 bits per heavy atom. The number of sulfonamides is 1. The van der Waals surface area contributed by atoms with Crippen molar-refractivity contribution in [2.24, 2.45) is 5.92 Å². The molecule has 8 heteroatoms. The minimum atomic E-state index is -3.84. The summed E-state index contributed by atoms with van der Waals surface area (Å²) in [5, 5.41) is 11.1. The van der Waals surface area contributed by atoms with Crippen LogP contribution in [-0.4, -0.2) is 55.3 Å². The van der Waals surface area contributed by atoms with Crippen molar-refractivity contribution in [1.29, 1.82) is 0 Å². The monoisotopic (exact) mass is 365 g/mol. The molecule has 0 spiro atoms. The third-order valence-corrected chi connectivity index (χ3v) is 6.85. The fourth-order valence-electron chi connectivity index (χ4n) is 3.50. The van der Waals surface area contributed by atoms with E-state index in [2.05, 4.69) is 17.1 Å². The molecule has 3 rings (SSSR count). The second-order valence-corrected chi connectivity index (χ2v) is 8.49. The molecule has 7 nitrogen and oxygen atoms in total. The van der Waals surface area contributed by atoms with Crippen LogP contribution in [0, 0.1) is 16.0 Å². The standard InChI is InChI=1S/C17H23N3O4S/c21-20(22)16-8-4-5-9-17(16)25(23,24)19-12-10-18(11-13-19)14-15-6-2-1-3-7-15/h1-2,4-5,8-9,15H,3,6-7,10-14H2/t15-/m1/s1. The van der Waals surface area contributed by atoms with Crippen molar-refractivity contribution in [3.05, 3.63) is 46.5 Å². The van der Waals surface area contributed by atoms with Gasteiger partial charge in [-0.25, -0.2) is 8.42 Å². The molecule has 0 aromatic heterocycles. The van der Waals surface area contributed by atoms with E-state index in [1.54, 1.807) is 0 Å². The Morgan fingerprint density at radius 1 is 1.12 bits per heavy atom. The molecule has 1 aliphatic carbocycles. The number of para-hydroxylation sites is 1. The second-order valence-electron chi connectivity index (χ2n) is 6.58. The number of hydrogen-bond acceptors (Lipinski definition) is 5. The highest BCUT2D eigenvalue weighted by atomic mass is 32.2. The summed E-state index contributed by atoms with van der Waals surface area (Å²) in [6, 6.07) is 5.55. The van der Waals surface area contributed by atoms with Crippen LogP contribution in [0.2, 0.25) is 0 Å². The molecule has 1 aromatic rings. The van der Waals surface area contributed by atoms with E-state index in [0.29, 0.717) is 32.1 Å². The maximum Gasteiger partial charge on any atom is 0.289 e. The van der Waals surface area contributed by atoms with Gasteiger partial charge in [0.1, 0.15) is 0 Å². The number of nitro benzene ring substituents is 1. The number of piperazine rings is 1. The van der Waals surface area contributed by atoms with Crippen molar-refractivity contribution in [3.8, 4) is 0 Å². The average molecular weight is 365 g/mol. The van der Waals surface area contributed by atoms with Crippen LogP contribution in [-0.2, 0) is 10.0 Å². The van der Waals surface area contributed by atoms with E-state index >= 15 is 0 Å². The lowest BCUT2D eigenvalue weighted by Gasteiger charge is -2.36. The van der Waals surface area contributed by atoms with Gasteiger partial charge in [0, 0.05) is 38.8 Å². The fraction of sp³-hybridized carbons (Fsp3) is 0.529. The number of nitrogens with zero attached hydrogens (tertiary/aromatic N) is 3. The van der Waals surface area contributed by atoms with Crippen LogP contribution < -0.4 is 0 Å². The van der Waals surface area contributed by atoms with Gasteiger partial charge in [-0.05, 0) is 31.2 Å². The summed E-state index contributed by atoms with van der Waals surface area (Å²) < 4.78 is 27.0. The van der Waals surface area contributed by atoms with Crippen LogP contribution in [0.3, 0.4) is 0 Å². The zero-order valence-corrected chi connectivity index (χ0v) is 14.9. The lowest BCUT2D eigenvalue weighted by Crippen LogP contribution is -2.49. The van der Waals surface area contributed by atoms with Gasteiger partial charge < -0.3 is 4.90 Å². The van der Waals surface area contributed by atoms with Gasteiger partial charge >= 0.3 is 0 Å². The summed E-state index contributed by atoms with van der Waals surface area (Å²) in [5.74, 6) is 0.642. The molecule has 25 heavy (non-hydrogen) atoms. The highest BCUT2D eigenvalue weighted by Gasteiger charge is 2.33. The van der Waals surface area contributed by atoms with Crippen LogP contribution in [0.1, 0.15) is 19.3 Å². The molecule has 136 valence electrons. The summed E-state index contributed by atoms with van der Waals surface area (Å²) in [5.41, 5.74) is -0.362. The van der Waals surface area contributed by atoms with Gasteiger partial charge in [0.2, 0.25) is 10.0 Å². The normalized spacial score (nSPS) is 22.8. The van der Waals surface area contributed by atoms with E-state index in [1.165, 1.54) is 35.0 Å². The van der Waals surface area contributed by atoms with Gasteiger partial charge in [0.15, 0.2) is 4.90 Å². The van der Waals surface area contributed by atoms with E-state index in [0.717, 1.165) is 19.4 Å². The Bertz CT molecular complexity index is 755. The molecular weight excluding hydrogens is 342 g/mol. The van der Waals surface area contributed by atoms with Crippen molar-refractivity contribution < 1.29 is 13.3 Å². The maximum atomic E-state index is 12.8. The zero-order chi connectivity index (χ0) is 17.9. The average Bonchev–Trinajstić information content (AvgIpc) is 2.63. The summed E-state index contributed by atoms with van der Waals surface area (Å²) >= 11 is 0. The van der Waals surface area contributed by atoms with Crippen molar-refractivity contribution in [2.75, 3.05) is 32.7 Å². The number of nitro groups is 1. The number of hydrogen-bond donors (Lipinski definition) is 0. The maximum absolute atomic E-state index is 12.8. The fourth-order valence-corrected chi connectivity index (χ4v) is 5.08. The summed E-state index contributed by atoms with van der Waals surface area (Å²) in [6.07, 6.45) is 7.84. The number of benzene rings is 1. The first-order chi connectivity index (χ1) is 12.0. The molecule has 1 fully saturated rings. The summed E-state index contributed by atoms with van der Waals surface area (Å²) in [6.45, 7) is 3.07. The molecule has 1 heterocycles. The van der Waals surface area contributed by atoms with E-state index in [-0.39, 0.29) is 10.6 Å². The van der Waals surface area contributed by atoms with Crippen molar-refractivity contribution in [2.45, 2.75) is 24.2 Å². The van der Waals surface area contributed by atoms with Gasteiger partial charge in [-0.15, -0.1) is 0 Å². The molecule has 2 aliphatic rings. The predicted octanol–water partition coefficient (Wildman–Crippen LogP) is 2.26. The largest absolute Gasteiger partial charge is 0.300 e. The highest BCUT2D eigenvalue weighted by molar-refractivity contribution is 7.89. The van der Waals surface area contributed by atoms with Gasteiger partial charge in [0.05, 0.1) is 4.92 Å². The first kappa shape index (κ1) is 18.0. The molecule has 0 radical (unpaired) electrons. The van der Waals surface area contributed by atoms with Gasteiger partial charge in [0.25, 0.3) is 5.69 Å². The molecule has 0 amide bonds. The Kier molecular flexibility index (Phi) is 5.51. The number of rotatable bonds is 5. The molecule has 0 saturated carbocycles. The lowest BCUT2D eigenvalue weighted by molar-refractivity contribution is -0.387. The van der Waals surface area contributed by atoms with Gasteiger partial charge in [-0.2, -0.15) is 4.31 Å². The number of allylic oxidation sites excluding steroid dienone is 2. The summed E-state index contributed by atoms with van der Waals surface area (Å²) in [4.78, 5) is 12.6. The van der Waals surface area contributed by atoms with Crippen LogP contribution in [0.25, 0.3) is 0 Å². The van der Waals surface area contributed by atoms with Crippen LogP contribution in [0.15, 0.2) is 41.3 Å². The molecule has 1 aromatic carbocycles. The van der Waals surface area contributed by atoms with E-state index in [4.69, 9.17) is 0 Å². The molecule has 1 aliphatic heterocycles. The molecular formula is C17H23N3O4S. The van der Waals surface area contributed by atoms with E-state index in [9.17, 15) is 18.5 Å². The predicted molar refractivity (Wildman–Crippen MR) is 94.8 cm³/mol. The third-order valence-electron chi connectivity index (χ3n) is 4.91. The first-order valence-corrected chi connectivity index (χ1v) is 10.0. The topological polar surface area (TPSA) is 83.8 Å². The van der Waals surface area contributed by atoms with Gasteiger partial charge in [-0.1, -0.05) is 24.3 Å². The smallest absolute Gasteiger partial charge is 0.289 e. The Labute approximate surface area is 148 Å². The first-order valence-electron chi connectivity index (χ1n) is 8.59. The minimum absolute atomic E-state index is 0.217. The van der Waals surface area contributed by atoms with Crippen LogP contribution in [0.4, 0.5) is 5.69 Å². The second kappa shape index (κ2) is 7.63. The Morgan fingerprint density at radius 3 is 2.48 bits per heavy atom. The zero-order valence-electron chi connectivity index (χ0n) is 14.1. The highest BCUT2D eigenvalue weighted by Crippen LogP contribution is 2.27. The quantitative estimate of drug-likeness (QED) is 0.454. The van der Waals surface area contributed by atoms with Crippen molar-refractivity contribution in [3.63, 3.8) is 0 Å². The van der Waals surface area contributed by atoms with E-state index in [1.807, 2.05) is 0 Å². The molecule has 1 saturated heterocycles. The Balaban J connectivity index is 1.66. The van der Waals surface area contributed by atoms with Crippen molar-refractivity contribution in [1.82, 2.24) is 9.21 Å². The van der Waals surface area contributed by atoms with Crippen LogP contribution in [0.5, 0.6) is 0 Å². The third kappa shape index (κ3) is 4.08. The Hall–Kier alpha value is -1.77. The minimum Gasteiger partial charge on any atom is -0.300 e. The van der Waals surface area contributed by atoms with E-state index < -0.39 is 14.9 Å². The summed E-state index contributed by atoms with van der Waals surface area (Å²) in [7, 11) is -3.84. The molecule has 0 N–H and O–H groups in total. The lowest BCUT2D eigenvalue weighted by atomic mass is 9.94.